The first kappa shape index (κ1) is 24.8. The summed E-state index contributed by atoms with van der Waals surface area (Å²) in [6.45, 7) is 17.0. The third-order valence-electron chi connectivity index (χ3n) is 4.02. The van der Waals surface area contributed by atoms with Gasteiger partial charge >= 0.3 is 0 Å². The summed E-state index contributed by atoms with van der Waals surface area (Å²) in [6, 6.07) is 0. The van der Waals surface area contributed by atoms with Gasteiger partial charge in [0.2, 0.25) is 0 Å². The van der Waals surface area contributed by atoms with Gasteiger partial charge < -0.3 is 14.2 Å². The molecule has 0 amide bonds. The number of hydrogen-bond acceptors (Lipinski definition) is 5. The Hall–Kier alpha value is -0.170. The average molecular weight is 381 g/mol. The molecule has 0 aromatic rings. The van der Waals surface area contributed by atoms with Crippen molar-refractivity contribution in [2.45, 2.75) is 91.8 Å². The van der Waals surface area contributed by atoms with E-state index in [9.17, 15) is 8.42 Å². The molecule has 0 aliphatic carbocycles. The quantitative estimate of drug-likeness (QED) is 0.458. The molecule has 0 saturated carbocycles. The fourth-order valence-corrected chi connectivity index (χ4v) is 3.27. The predicted molar refractivity (Wildman–Crippen MR) is 104 cm³/mol. The molecule has 0 radical (unpaired) electrons. The monoisotopic (exact) mass is 380 g/mol. The SMILES string of the molecule is CC(C)OCC(CCCS(=O)(=O)C(C)C)(COC(C)C)COC(C)C. The maximum atomic E-state index is 12.1. The Morgan fingerprint density at radius 1 is 0.720 bits per heavy atom. The van der Waals surface area contributed by atoms with Crippen LogP contribution in [0.4, 0.5) is 0 Å². The van der Waals surface area contributed by atoms with E-state index in [0.29, 0.717) is 32.7 Å². The Kier molecular flexibility index (Phi) is 11.4. The fraction of sp³-hybridized carbons (Fsp3) is 1.00. The number of rotatable bonds is 14. The molecule has 0 fully saturated rings. The van der Waals surface area contributed by atoms with E-state index < -0.39 is 9.84 Å². The van der Waals surface area contributed by atoms with Gasteiger partial charge in [-0.1, -0.05) is 0 Å². The van der Waals surface area contributed by atoms with Crippen molar-refractivity contribution in [1.82, 2.24) is 0 Å². The van der Waals surface area contributed by atoms with Crippen LogP contribution in [0.2, 0.25) is 0 Å². The van der Waals surface area contributed by atoms with Gasteiger partial charge in [0, 0.05) is 5.41 Å². The molecule has 0 N–H and O–H groups in total. The summed E-state index contributed by atoms with van der Waals surface area (Å²) in [5.41, 5.74) is -0.328. The number of sulfone groups is 1. The highest BCUT2D eigenvalue weighted by Crippen LogP contribution is 2.28. The van der Waals surface area contributed by atoms with Gasteiger partial charge in [-0.3, -0.25) is 0 Å². The summed E-state index contributed by atoms with van der Waals surface area (Å²) in [6.07, 6.45) is 1.61. The molecule has 5 nitrogen and oxygen atoms in total. The lowest BCUT2D eigenvalue weighted by atomic mass is 9.85. The van der Waals surface area contributed by atoms with E-state index in [1.165, 1.54) is 0 Å². The predicted octanol–water partition coefficient (Wildman–Crippen LogP) is 3.85. The van der Waals surface area contributed by atoms with E-state index in [4.69, 9.17) is 14.2 Å². The highest BCUT2D eigenvalue weighted by molar-refractivity contribution is 7.91. The second-order valence-electron chi connectivity index (χ2n) is 8.10. The molecule has 0 spiro atoms. The van der Waals surface area contributed by atoms with Crippen LogP contribution in [-0.2, 0) is 24.0 Å². The Morgan fingerprint density at radius 3 is 1.36 bits per heavy atom. The molecule has 0 saturated heterocycles. The molecule has 0 aliphatic heterocycles. The van der Waals surface area contributed by atoms with Gasteiger partial charge in [-0.05, 0) is 68.2 Å². The van der Waals surface area contributed by atoms with Gasteiger partial charge in [0.05, 0.1) is 49.1 Å². The van der Waals surface area contributed by atoms with Gasteiger partial charge in [-0.2, -0.15) is 0 Å². The zero-order chi connectivity index (χ0) is 19.7. The lowest BCUT2D eigenvalue weighted by Crippen LogP contribution is -2.40. The van der Waals surface area contributed by atoms with Crippen molar-refractivity contribution >= 4 is 9.84 Å². The molecular formula is C19H40O5S. The van der Waals surface area contributed by atoms with Crippen LogP contribution in [0.15, 0.2) is 0 Å². The largest absolute Gasteiger partial charge is 0.378 e. The zero-order valence-corrected chi connectivity index (χ0v) is 18.3. The molecule has 0 atom stereocenters. The molecule has 152 valence electrons. The normalized spacial score (nSPS) is 13.6. The summed E-state index contributed by atoms with van der Waals surface area (Å²) in [5, 5.41) is -0.340. The van der Waals surface area contributed by atoms with Crippen molar-refractivity contribution in [3.8, 4) is 0 Å². The summed E-state index contributed by atoms with van der Waals surface area (Å²) >= 11 is 0. The van der Waals surface area contributed by atoms with Crippen LogP contribution in [0.3, 0.4) is 0 Å². The minimum absolute atomic E-state index is 0.108. The van der Waals surface area contributed by atoms with Gasteiger partial charge in [0.15, 0.2) is 9.84 Å². The lowest BCUT2D eigenvalue weighted by molar-refractivity contribution is -0.104. The third kappa shape index (κ3) is 11.2. The van der Waals surface area contributed by atoms with Crippen LogP contribution in [0.5, 0.6) is 0 Å². The van der Waals surface area contributed by atoms with E-state index in [-0.39, 0.29) is 34.7 Å². The Labute approximate surface area is 155 Å². The molecular weight excluding hydrogens is 340 g/mol. The fourth-order valence-electron chi connectivity index (χ4n) is 2.26. The van der Waals surface area contributed by atoms with Crippen LogP contribution >= 0.6 is 0 Å². The van der Waals surface area contributed by atoms with Crippen LogP contribution in [0.1, 0.15) is 68.2 Å². The average Bonchev–Trinajstić information content (AvgIpc) is 2.47. The van der Waals surface area contributed by atoms with E-state index in [0.717, 1.165) is 0 Å². The summed E-state index contributed by atoms with van der Waals surface area (Å²) in [5.74, 6) is 0.192. The Balaban J connectivity index is 5.11. The van der Waals surface area contributed by atoms with Gasteiger partial charge in [-0.25, -0.2) is 8.42 Å². The van der Waals surface area contributed by atoms with Crippen molar-refractivity contribution in [3.05, 3.63) is 0 Å². The highest BCUT2D eigenvalue weighted by atomic mass is 32.2. The number of hydrogen-bond donors (Lipinski definition) is 0. The van der Waals surface area contributed by atoms with Crippen molar-refractivity contribution in [2.75, 3.05) is 25.6 Å². The van der Waals surface area contributed by atoms with Gasteiger partial charge in [0.25, 0.3) is 0 Å². The Morgan fingerprint density at radius 2 is 1.08 bits per heavy atom. The first-order valence-corrected chi connectivity index (χ1v) is 11.2. The molecule has 0 aliphatic rings. The van der Waals surface area contributed by atoms with E-state index in [1.54, 1.807) is 13.8 Å². The smallest absolute Gasteiger partial charge is 0.152 e. The van der Waals surface area contributed by atoms with Crippen molar-refractivity contribution in [1.29, 1.82) is 0 Å². The standard InChI is InChI=1S/C19H40O5S/c1-15(2)22-12-19(13-23-16(3)4,14-24-17(5)6)10-9-11-25(20,21)18(7)8/h15-18H,9-14H2,1-8H3. The lowest BCUT2D eigenvalue weighted by Gasteiger charge is -2.35. The van der Waals surface area contributed by atoms with Gasteiger partial charge in [-0.15, -0.1) is 0 Å². The number of ether oxygens (including phenoxy) is 3. The zero-order valence-electron chi connectivity index (χ0n) is 17.5. The molecule has 0 heterocycles. The van der Waals surface area contributed by atoms with Crippen molar-refractivity contribution in [2.24, 2.45) is 5.41 Å². The highest BCUT2D eigenvalue weighted by Gasteiger charge is 2.33. The van der Waals surface area contributed by atoms with Crippen molar-refractivity contribution < 1.29 is 22.6 Å². The molecule has 25 heavy (non-hydrogen) atoms. The molecule has 0 bridgehead atoms. The molecule has 0 aromatic carbocycles. The Bertz CT molecular complexity index is 409. The summed E-state index contributed by atoms with van der Waals surface area (Å²) in [7, 11) is -3.04. The summed E-state index contributed by atoms with van der Waals surface area (Å²) in [4.78, 5) is 0. The third-order valence-corrected chi connectivity index (χ3v) is 6.32. The van der Waals surface area contributed by atoms with E-state index in [1.807, 2.05) is 41.5 Å². The second-order valence-corrected chi connectivity index (χ2v) is 10.8. The molecule has 0 unspecified atom stereocenters. The van der Waals surface area contributed by atoms with Crippen LogP contribution in [0, 0.1) is 5.41 Å². The summed E-state index contributed by atoms with van der Waals surface area (Å²) < 4.78 is 41.9. The maximum Gasteiger partial charge on any atom is 0.152 e. The van der Waals surface area contributed by atoms with Crippen LogP contribution in [0.25, 0.3) is 0 Å². The first-order valence-electron chi connectivity index (χ1n) is 9.46. The van der Waals surface area contributed by atoms with E-state index in [2.05, 4.69) is 0 Å². The maximum absolute atomic E-state index is 12.1. The van der Waals surface area contributed by atoms with Crippen molar-refractivity contribution in [3.63, 3.8) is 0 Å². The topological polar surface area (TPSA) is 61.8 Å². The molecule has 6 heteroatoms. The van der Waals surface area contributed by atoms with Crippen LogP contribution in [-0.4, -0.2) is 57.6 Å². The minimum atomic E-state index is -3.04. The van der Waals surface area contributed by atoms with Crippen LogP contribution < -0.4 is 0 Å². The minimum Gasteiger partial charge on any atom is -0.378 e. The first-order chi connectivity index (χ1) is 11.4. The van der Waals surface area contributed by atoms with Gasteiger partial charge in [0.1, 0.15) is 0 Å². The molecule has 0 rings (SSSR count). The molecule has 0 aromatic heterocycles. The van der Waals surface area contributed by atoms with E-state index >= 15 is 0 Å². The second kappa shape index (κ2) is 11.5.